The van der Waals surface area contributed by atoms with Crippen LogP contribution in [0.25, 0.3) is 39.4 Å². The maximum absolute atomic E-state index is 11.4. The van der Waals surface area contributed by atoms with Crippen molar-refractivity contribution in [3.8, 4) is 39.4 Å². The largest absolute Gasteiger partial charge is 0.334 e. The third-order valence-electron chi connectivity index (χ3n) is 4.30. The van der Waals surface area contributed by atoms with Gasteiger partial charge in [-0.2, -0.15) is 10.2 Å². The highest BCUT2D eigenvalue weighted by molar-refractivity contribution is 7.16. The lowest BCUT2D eigenvalue weighted by Crippen LogP contribution is -1.91. The fourth-order valence-electron chi connectivity index (χ4n) is 2.78. The Kier molecular flexibility index (Phi) is 5.14. The summed E-state index contributed by atoms with van der Waals surface area (Å²) in [7, 11) is 0. The molecule has 0 amide bonds. The van der Waals surface area contributed by atoms with Crippen molar-refractivity contribution in [2.75, 3.05) is 0 Å². The van der Waals surface area contributed by atoms with Gasteiger partial charge in [0.25, 0.3) is 5.89 Å². The minimum absolute atomic E-state index is 0.116. The van der Waals surface area contributed by atoms with Crippen molar-refractivity contribution in [1.82, 2.24) is 10.1 Å². The molecule has 0 atom stereocenters. The molecule has 0 saturated carbocycles. The van der Waals surface area contributed by atoms with Crippen LogP contribution in [-0.4, -0.2) is 15.9 Å². The third kappa shape index (κ3) is 4.05. The first-order chi connectivity index (χ1) is 14.1. The fraction of sp³-hybridized carbons (Fsp3) is 0.0435. The quantitative estimate of drug-likeness (QED) is 0.322. The summed E-state index contributed by atoms with van der Waals surface area (Å²) < 4.78 is 5.42. The normalized spacial score (nSPS) is 11.2. The number of thiophene rings is 1. The van der Waals surface area contributed by atoms with Gasteiger partial charge in [-0.1, -0.05) is 47.6 Å². The van der Waals surface area contributed by atoms with Crippen molar-refractivity contribution in [3.05, 3.63) is 77.2 Å². The number of nitrogens with zero attached hydrogens (tertiary/aromatic N) is 3. The van der Waals surface area contributed by atoms with E-state index in [1.165, 1.54) is 18.3 Å². The van der Waals surface area contributed by atoms with Gasteiger partial charge in [-0.15, -0.1) is 11.3 Å². The van der Waals surface area contributed by atoms with Gasteiger partial charge in [0.2, 0.25) is 5.82 Å². The lowest BCUT2D eigenvalue weighted by Gasteiger charge is -2.01. The van der Waals surface area contributed by atoms with Crippen molar-refractivity contribution in [2.24, 2.45) is 0 Å². The molecule has 0 bridgehead atoms. The minimum atomic E-state index is -0.261. The predicted octanol–water partition coefficient (Wildman–Crippen LogP) is 5.63. The van der Waals surface area contributed by atoms with Crippen LogP contribution in [0.15, 0.2) is 76.8 Å². The summed E-state index contributed by atoms with van der Waals surface area (Å²) in [4.78, 5) is 17.5. The molecule has 29 heavy (non-hydrogen) atoms. The molecule has 0 radical (unpaired) electrons. The van der Waals surface area contributed by atoms with Gasteiger partial charge in [0.05, 0.1) is 10.5 Å². The van der Waals surface area contributed by atoms with Crippen molar-refractivity contribution >= 4 is 23.2 Å². The van der Waals surface area contributed by atoms with E-state index in [0.717, 1.165) is 26.4 Å². The first-order valence-corrected chi connectivity index (χ1v) is 9.68. The number of aromatic nitrogens is 2. The van der Waals surface area contributed by atoms with E-state index < -0.39 is 0 Å². The van der Waals surface area contributed by atoms with Crippen LogP contribution < -0.4 is 0 Å². The first-order valence-electron chi connectivity index (χ1n) is 8.86. The Morgan fingerprint density at radius 1 is 1.00 bits per heavy atom. The smallest absolute Gasteiger partial charge is 0.258 e. The summed E-state index contributed by atoms with van der Waals surface area (Å²) >= 11 is 1.39. The molecule has 0 spiro atoms. The van der Waals surface area contributed by atoms with Crippen LogP contribution in [-0.2, 0) is 4.79 Å². The van der Waals surface area contributed by atoms with Crippen molar-refractivity contribution in [2.45, 2.75) is 6.92 Å². The van der Waals surface area contributed by atoms with Gasteiger partial charge in [-0.05, 0) is 48.4 Å². The zero-order chi connectivity index (χ0) is 20.2. The van der Waals surface area contributed by atoms with Gasteiger partial charge in [-0.3, -0.25) is 4.79 Å². The SMILES string of the molecule is CC(=O)/C(C#N)=C/c1ccc(-c2noc(-c3ccc(-c4ccccc4)cc3)n2)s1. The Bertz CT molecular complexity index is 1230. The van der Waals surface area contributed by atoms with E-state index in [0.29, 0.717) is 11.7 Å². The van der Waals surface area contributed by atoms with E-state index in [2.05, 4.69) is 22.3 Å². The van der Waals surface area contributed by atoms with E-state index >= 15 is 0 Å². The zero-order valence-corrected chi connectivity index (χ0v) is 16.3. The Morgan fingerprint density at radius 3 is 2.38 bits per heavy atom. The molecule has 4 aromatic rings. The number of nitriles is 1. The first kappa shape index (κ1) is 18.5. The van der Waals surface area contributed by atoms with Crippen LogP contribution in [0, 0.1) is 11.3 Å². The lowest BCUT2D eigenvalue weighted by molar-refractivity contribution is -0.113. The average Bonchev–Trinajstić information content (AvgIpc) is 3.42. The van der Waals surface area contributed by atoms with Crippen LogP contribution in [0.3, 0.4) is 0 Å². The van der Waals surface area contributed by atoms with Crippen molar-refractivity contribution in [3.63, 3.8) is 0 Å². The highest BCUT2D eigenvalue weighted by Crippen LogP contribution is 2.30. The van der Waals surface area contributed by atoms with Gasteiger partial charge < -0.3 is 4.52 Å². The van der Waals surface area contributed by atoms with E-state index in [-0.39, 0.29) is 11.4 Å². The van der Waals surface area contributed by atoms with E-state index in [4.69, 9.17) is 9.78 Å². The van der Waals surface area contributed by atoms with Crippen LogP contribution in [0.2, 0.25) is 0 Å². The highest BCUT2D eigenvalue weighted by atomic mass is 32.1. The molecule has 5 nitrogen and oxygen atoms in total. The number of hydrogen-bond acceptors (Lipinski definition) is 6. The maximum atomic E-state index is 11.4. The van der Waals surface area contributed by atoms with Gasteiger partial charge in [0.1, 0.15) is 6.07 Å². The van der Waals surface area contributed by atoms with E-state index in [9.17, 15) is 4.79 Å². The predicted molar refractivity (Wildman–Crippen MR) is 113 cm³/mol. The molecule has 0 aliphatic rings. The molecule has 2 aromatic heterocycles. The minimum Gasteiger partial charge on any atom is -0.334 e. The van der Waals surface area contributed by atoms with Gasteiger partial charge in [-0.25, -0.2) is 0 Å². The summed E-state index contributed by atoms with van der Waals surface area (Å²) in [5.74, 6) is 0.646. The molecular formula is C23H15N3O2S. The summed E-state index contributed by atoms with van der Waals surface area (Å²) in [5.41, 5.74) is 3.21. The van der Waals surface area contributed by atoms with Gasteiger partial charge in [0, 0.05) is 10.4 Å². The van der Waals surface area contributed by atoms with Gasteiger partial charge >= 0.3 is 0 Å². The molecule has 0 N–H and O–H groups in total. The van der Waals surface area contributed by atoms with Crippen LogP contribution in [0.4, 0.5) is 0 Å². The van der Waals surface area contributed by atoms with Crippen molar-refractivity contribution in [1.29, 1.82) is 5.26 Å². The monoisotopic (exact) mass is 397 g/mol. The second-order valence-corrected chi connectivity index (χ2v) is 7.41. The second kappa shape index (κ2) is 8.05. The van der Waals surface area contributed by atoms with E-state index in [1.54, 1.807) is 6.08 Å². The lowest BCUT2D eigenvalue weighted by atomic mass is 10.0. The second-order valence-electron chi connectivity index (χ2n) is 6.29. The molecule has 0 saturated heterocycles. The molecule has 140 valence electrons. The number of carbonyl (C=O) groups excluding carboxylic acids is 1. The number of hydrogen-bond donors (Lipinski definition) is 0. The summed E-state index contributed by atoms with van der Waals surface area (Å²) in [6.07, 6.45) is 1.57. The van der Waals surface area contributed by atoms with Crippen LogP contribution >= 0.6 is 11.3 Å². The Hall–Kier alpha value is -3.82. The average molecular weight is 397 g/mol. The molecule has 4 rings (SSSR count). The molecule has 0 aliphatic carbocycles. The van der Waals surface area contributed by atoms with Crippen molar-refractivity contribution < 1.29 is 9.32 Å². The highest BCUT2D eigenvalue weighted by Gasteiger charge is 2.13. The topological polar surface area (TPSA) is 79.8 Å². The molecule has 2 aromatic carbocycles. The maximum Gasteiger partial charge on any atom is 0.258 e. The molecule has 2 heterocycles. The molecule has 6 heteroatoms. The molecule has 0 fully saturated rings. The zero-order valence-electron chi connectivity index (χ0n) is 15.5. The summed E-state index contributed by atoms with van der Waals surface area (Å²) in [6, 6.07) is 23.7. The number of rotatable bonds is 5. The summed E-state index contributed by atoms with van der Waals surface area (Å²) in [6.45, 7) is 1.37. The Balaban J connectivity index is 1.56. The molecule has 0 unspecified atom stereocenters. The number of Topliss-reactive ketones (excluding diaryl/α,β-unsaturated/α-hetero) is 1. The molecule has 0 aliphatic heterocycles. The number of benzene rings is 2. The summed E-state index contributed by atoms with van der Waals surface area (Å²) in [5, 5.41) is 13.1. The van der Waals surface area contributed by atoms with Crippen LogP contribution in [0.1, 0.15) is 11.8 Å². The molecular weight excluding hydrogens is 382 g/mol. The van der Waals surface area contributed by atoms with Crippen LogP contribution in [0.5, 0.6) is 0 Å². The number of carbonyl (C=O) groups is 1. The Morgan fingerprint density at radius 2 is 1.69 bits per heavy atom. The number of allylic oxidation sites excluding steroid dienone is 1. The fourth-order valence-corrected chi connectivity index (χ4v) is 3.66. The third-order valence-corrected chi connectivity index (χ3v) is 5.33. The Labute approximate surface area is 171 Å². The van der Waals surface area contributed by atoms with E-state index in [1.807, 2.05) is 60.7 Å². The standard InChI is InChI=1S/C23H15N3O2S/c1-15(27)19(14-24)13-20-11-12-21(29-20)22-25-23(28-26-22)18-9-7-17(8-10-18)16-5-3-2-4-6-16/h2-13H,1H3/b19-13+. The number of ketones is 1. The van der Waals surface area contributed by atoms with Gasteiger partial charge in [0.15, 0.2) is 5.78 Å².